The Morgan fingerprint density at radius 2 is 2.14 bits per heavy atom. The van der Waals surface area contributed by atoms with Crippen molar-refractivity contribution in [3.63, 3.8) is 0 Å². The Morgan fingerprint density at radius 3 is 2.95 bits per heavy atom. The van der Waals surface area contributed by atoms with Crippen LogP contribution < -0.4 is 10.1 Å². The van der Waals surface area contributed by atoms with Crippen LogP contribution in [0, 0.1) is 11.3 Å². The smallest absolute Gasteiger partial charge is 0.236 e. The standard InChI is InChI=1S/C26H28N6O2S3/c1-5-34-15-7-9-17-19(11-15)37-24(28-17)29-20(33)12-35-25-31-30-22-21-16-8-6-14(26(2,3)4)10-18(16)36-23(21)27-13-32(22)25/h7,9,11,13-14H,5-6,8,10,12H2,1-4H3,(H,28,29,33)/t14-/m1/s1. The third-order valence-electron chi connectivity index (χ3n) is 6.90. The molecule has 0 fully saturated rings. The van der Waals surface area contributed by atoms with E-state index in [1.165, 1.54) is 40.0 Å². The minimum atomic E-state index is -0.138. The summed E-state index contributed by atoms with van der Waals surface area (Å²) in [5, 5.41) is 14.2. The number of nitrogens with one attached hydrogen (secondary N) is 1. The van der Waals surface area contributed by atoms with Crippen molar-refractivity contribution in [2.45, 2.75) is 52.1 Å². The summed E-state index contributed by atoms with van der Waals surface area (Å²) in [5.41, 5.74) is 3.34. The highest BCUT2D eigenvalue weighted by molar-refractivity contribution is 7.99. The monoisotopic (exact) mass is 552 g/mol. The largest absolute Gasteiger partial charge is 0.494 e. The summed E-state index contributed by atoms with van der Waals surface area (Å²) in [6.07, 6.45) is 5.11. The number of benzene rings is 1. The van der Waals surface area contributed by atoms with Crippen LogP contribution >= 0.6 is 34.4 Å². The number of ether oxygens (including phenoxy) is 1. The van der Waals surface area contributed by atoms with Gasteiger partial charge in [0.05, 0.1) is 28.0 Å². The van der Waals surface area contributed by atoms with Gasteiger partial charge in [0.15, 0.2) is 15.9 Å². The number of nitrogens with zero attached hydrogens (tertiary/aromatic N) is 5. The Hall–Kier alpha value is -2.76. The molecule has 6 rings (SSSR count). The van der Waals surface area contributed by atoms with Crippen LogP contribution in [-0.2, 0) is 17.6 Å². The zero-order valence-corrected chi connectivity index (χ0v) is 23.6. The summed E-state index contributed by atoms with van der Waals surface area (Å²) < 4.78 is 8.44. The van der Waals surface area contributed by atoms with Gasteiger partial charge in [-0.3, -0.25) is 9.20 Å². The fourth-order valence-electron chi connectivity index (χ4n) is 4.89. The van der Waals surface area contributed by atoms with Crippen LogP contribution in [0.4, 0.5) is 5.13 Å². The first-order valence-corrected chi connectivity index (χ1v) is 15.0. The molecule has 0 saturated heterocycles. The third kappa shape index (κ3) is 4.68. The van der Waals surface area contributed by atoms with Crippen molar-refractivity contribution in [3.05, 3.63) is 35.0 Å². The van der Waals surface area contributed by atoms with E-state index in [4.69, 9.17) is 9.72 Å². The lowest BCUT2D eigenvalue weighted by Crippen LogP contribution is -2.26. The third-order valence-corrected chi connectivity index (χ3v) is 9.94. The van der Waals surface area contributed by atoms with E-state index in [9.17, 15) is 4.79 Å². The van der Waals surface area contributed by atoms with E-state index in [2.05, 4.69) is 41.3 Å². The number of thiophene rings is 1. The van der Waals surface area contributed by atoms with E-state index in [1.807, 2.05) is 29.5 Å². The summed E-state index contributed by atoms with van der Waals surface area (Å²) in [6, 6.07) is 5.75. The van der Waals surface area contributed by atoms with Gasteiger partial charge in [-0.25, -0.2) is 9.97 Å². The molecule has 0 spiro atoms. The number of fused-ring (bicyclic) bond motifs is 6. The molecule has 1 aliphatic carbocycles. The predicted octanol–water partition coefficient (Wildman–Crippen LogP) is 6.23. The number of thiazole rings is 1. The Kier molecular flexibility index (Phi) is 6.32. The quantitative estimate of drug-likeness (QED) is 0.250. The summed E-state index contributed by atoms with van der Waals surface area (Å²) in [4.78, 5) is 24.4. The molecule has 11 heteroatoms. The molecule has 1 aliphatic rings. The highest BCUT2D eigenvalue weighted by Crippen LogP contribution is 2.43. The Bertz CT molecular complexity index is 1630. The molecule has 5 aromatic rings. The Morgan fingerprint density at radius 1 is 1.27 bits per heavy atom. The molecule has 1 atom stereocenters. The lowest BCUT2D eigenvalue weighted by molar-refractivity contribution is -0.113. The molecule has 1 amide bonds. The lowest BCUT2D eigenvalue weighted by atomic mass is 9.72. The zero-order valence-electron chi connectivity index (χ0n) is 21.2. The number of aromatic nitrogens is 5. The molecule has 192 valence electrons. The van der Waals surface area contributed by atoms with Gasteiger partial charge in [0, 0.05) is 4.88 Å². The first-order chi connectivity index (χ1) is 17.8. The minimum Gasteiger partial charge on any atom is -0.494 e. The highest BCUT2D eigenvalue weighted by Gasteiger charge is 2.32. The van der Waals surface area contributed by atoms with Gasteiger partial charge in [-0.2, -0.15) is 0 Å². The number of amides is 1. The number of hydrogen-bond acceptors (Lipinski definition) is 9. The van der Waals surface area contributed by atoms with Crippen molar-refractivity contribution >= 4 is 71.6 Å². The van der Waals surface area contributed by atoms with E-state index < -0.39 is 0 Å². The second kappa shape index (κ2) is 9.52. The van der Waals surface area contributed by atoms with Crippen LogP contribution in [0.2, 0.25) is 0 Å². The van der Waals surface area contributed by atoms with Gasteiger partial charge in [-0.15, -0.1) is 21.5 Å². The maximum Gasteiger partial charge on any atom is 0.236 e. The van der Waals surface area contributed by atoms with Gasteiger partial charge in [0.25, 0.3) is 0 Å². The molecular formula is C26H28N6O2S3. The SMILES string of the molecule is CCOc1ccc2nc(NC(=O)CSc3nnc4c5c6c(sc5ncn34)C[C@H](C(C)(C)C)CC6)sc2c1. The second-order valence-corrected chi connectivity index (χ2v) is 13.4. The second-order valence-electron chi connectivity index (χ2n) is 10.3. The van der Waals surface area contributed by atoms with Gasteiger partial charge < -0.3 is 10.1 Å². The number of carbonyl (C=O) groups is 1. The average molecular weight is 553 g/mol. The molecule has 1 N–H and O–H groups in total. The van der Waals surface area contributed by atoms with Crippen molar-refractivity contribution in [2.24, 2.45) is 11.3 Å². The number of anilines is 1. The van der Waals surface area contributed by atoms with Crippen LogP contribution in [0.15, 0.2) is 29.7 Å². The van der Waals surface area contributed by atoms with Gasteiger partial charge in [0.2, 0.25) is 5.91 Å². The van der Waals surface area contributed by atoms with Crippen molar-refractivity contribution in [2.75, 3.05) is 17.7 Å². The molecule has 0 unspecified atom stereocenters. The molecule has 0 bridgehead atoms. The van der Waals surface area contributed by atoms with Gasteiger partial charge in [-0.05, 0) is 61.3 Å². The van der Waals surface area contributed by atoms with E-state index in [0.717, 1.165) is 44.7 Å². The average Bonchev–Trinajstić information content (AvgIpc) is 3.55. The molecule has 4 heterocycles. The Balaban J connectivity index is 1.18. The van der Waals surface area contributed by atoms with E-state index in [0.29, 0.717) is 28.2 Å². The lowest BCUT2D eigenvalue weighted by Gasteiger charge is -2.33. The molecule has 0 radical (unpaired) electrons. The summed E-state index contributed by atoms with van der Waals surface area (Å²) in [6.45, 7) is 9.56. The van der Waals surface area contributed by atoms with Crippen molar-refractivity contribution < 1.29 is 9.53 Å². The molecule has 8 nitrogen and oxygen atoms in total. The van der Waals surface area contributed by atoms with Crippen LogP contribution in [-0.4, -0.2) is 42.8 Å². The number of aryl methyl sites for hydroxylation is 1. The van der Waals surface area contributed by atoms with Crippen LogP contribution in [0.1, 0.15) is 44.6 Å². The first-order valence-electron chi connectivity index (χ1n) is 12.4. The molecule has 0 aliphatic heterocycles. The molecule has 4 aromatic heterocycles. The highest BCUT2D eigenvalue weighted by atomic mass is 32.2. The predicted molar refractivity (Wildman–Crippen MR) is 151 cm³/mol. The van der Waals surface area contributed by atoms with Gasteiger partial charge in [-0.1, -0.05) is 43.9 Å². The number of hydrogen-bond donors (Lipinski definition) is 1. The fraction of sp³-hybridized carbons (Fsp3) is 0.423. The summed E-state index contributed by atoms with van der Waals surface area (Å²) >= 11 is 4.58. The number of rotatable bonds is 6. The molecule has 37 heavy (non-hydrogen) atoms. The zero-order chi connectivity index (χ0) is 25.7. The van der Waals surface area contributed by atoms with Crippen molar-refractivity contribution in [3.8, 4) is 5.75 Å². The summed E-state index contributed by atoms with van der Waals surface area (Å²) in [5.74, 6) is 1.54. The number of carbonyl (C=O) groups excluding carboxylic acids is 1. The maximum absolute atomic E-state index is 12.7. The van der Waals surface area contributed by atoms with E-state index in [-0.39, 0.29) is 11.7 Å². The maximum atomic E-state index is 12.7. The normalized spacial score (nSPS) is 15.9. The summed E-state index contributed by atoms with van der Waals surface area (Å²) in [7, 11) is 0. The van der Waals surface area contributed by atoms with Crippen LogP contribution in [0.3, 0.4) is 0 Å². The van der Waals surface area contributed by atoms with Crippen molar-refractivity contribution in [1.29, 1.82) is 0 Å². The Labute approximate surface area is 226 Å². The van der Waals surface area contributed by atoms with E-state index >= 15 is 0 Å². The molecule has 1 aromatic carbocycles. The topological polar surface area (TPSA) is 94.3 Å². The van der Waals surface area contributed by atoms with Crippen LogP contribution in [0.5, 0.6) is 5.75 Å². The number of thioether (sulfide) groups is 1. The first kappa shape index (κ1) is 24.6. The van der Waals surface area contributed by atoms with Crippen molar-refractivity contribution in [1.82, 2.24) is 24.6 Å². The fourth-order valence-corrected chi connectivity index (χ4v) is 7.77. The van der Waals surface area contributed by atoms with Crippen LogP contribution in [0.25, 0.3) is 26.1 Å². The molecule has 0 saturated carbocycles. The van der Waals surface area contributed by atoms with Gasteiger partial charge >= 0.3 is 0 Å². The van der Waals surface area contributed by atoms with E-state index in [1.54, 1.807) is 17.7 Å². The molecular weight excluding hydrogens is 525 g/mol. The van der Waals surface area contributed by atoms with Gasteiger partial charge in [0.1, 0.15) is 16.9 Å². The minimum absolute atomic E-state index is 0.138.